The number of likely N-dealkylation sites (N-methyl/N-ethyl adjacent to an activating group) is 1. The molecule has 3 atom stereocenters. The minimum Gasteiger partial charge on any atom is -0.494 e. The fourth-order valence-corrected chi connectivity index (χ4v) is 5.60. The predicted molar refractivity (Wildman–Crippen MR) is 160 cm³/mol. The molecule has 2 aliphatic rings. The normalized spacial score (nSPS) is 19.3. The monoisotopic (exact) mass is 583 g/mol. The largest absolute Gasteiger partial charge is 0.494 e. The Morgan fingerprint density at radius 3 is 2.61 bits per heavy atom. The molecule has 3 unspecified atom stereocenters. The summed E-state index contributed by atoms with van der Waals surface area (Å²) in [5, 5.41) is 30.3. The maximum atomic E-state index is 14.2. The number of hydrogen-bond acceptors (Lipinski definition) is 10. The molecule has 0 aliphatic carbocycles. The summed E-state index contributed by atoms with van der Waals surface area (Å²) in [6, 6.07) is 8.54. The van der Waals surface area contributed by atoms with E-state index in [1.165, 1.54) is 18.2 Å². The van der Waals surface area contributed by atoms with Crippen molar-refractivity contribution >= 4 is 46.1 Å². The summed E-state index contributed by atoms with van der Waals surface area (Å²) in [5.74, 6) is 1.20. The average Bonchev–Trinajstić information content (AvgIpc) is 3.27. The molecular formula is C29H35ClFN7O3. The molecule has 3 aromatic rings. The van der Waals surface area contributed by atoms with Gasteiger partial charge in [0.05, 0.1) is 34.8 Å². The highest BCUT2D eigenvalue weighted by Gasteiger charge is 2.44. The third-order valence-corrected chi connectivity index (χ3v) is 7.85. The molecule has 218 valence electrons. The van der Waals surface area contributed by atoms with E-state index < -0.39 is 17.6 Å². The van der Waals surface area contributed by atoms with Crippen LogP contribution in [0.25, 0.3) is 0 Å². The van der Waals surface area contributed by atoms with Crippen molar-refractivity contribution in [2.75, 3.05) is 54.6 Å². The Labute approximate surface area is 243 Å². The highest BCUT2D eigenvalue weighted by Crippen LogP contribution is 2.42. The van der Waals surface area contributed by atoms with Crippen molar-refractivity contribution in [2.45, 2.75) is 31.7 Å². The second-order valence-corrected chi connectivity index (χ2v) is 11.4. The third-order valence-electron chi connectivity index (χ3n) is 7.56. The van der Waals surface area contributed by atoms with Gasteiger partial charge in [-0.05, 0) is 51.2 Å². The average molecular weight is 584 g/mol. The van der Waals surface area contributed by atoms with E-state index in [-0.39, 0.29) is 11.0 Å². The molecule has 0 amide bonds. The summed E-state index contributed by atoms with van der Waals surface area (Å²) < 4.78 is 19.9. The minimum atomic E-state index is -1.33. The zero-order valence-electron chi connectivity index (χ0n) is 23.4. The lowest BCUT2D eigenvalue weighted by Gasteiger charge is -2.40. The molecular weight excluding hydrogens is 549 g/mol. The molecule has 2 aliphatic heterocycles. The van der Waals surface area contributed by atoms with Gasteiger partial charge in [0.2, 0.25) is 5.95 Å². The molecule has 1 aromatic heterocycles. The van der Waals surface area contributed by atoms with Gasteiger partial charge >= 0.3 is 0 Å². The number of benzene rings is 2. The molecule has 12 heteroatoms. The molecule has 2 saturated heterocycles. The number of fused-ring (bicyclic) bond motifs is 1. The van der Waals surface area contributed by atoms with Crippen LogP contribution in [-0.2, 0) is 5.60 Å². The lowest BCUT2D eigenvalue weighted by Crippen LogP contribution is -2.52. The SMILES string of the molecule is C=CC(O)Nc1cc(Nc2nccc(Nc3cc(Cl)c(F)cc3C(C)(C)O)n2)c(OC)cc1N1CC2CN(C)C2C1. The first-order chi connectivity index (χ1) is 19.5. The van der Waals surface area contributed by atoms with Crippen molar-refractivity contribution < 1.29 is 19.3 Å². The van der Waals surface area contributed by atoms with Crippen molar-refractivity contribution in [1.29, 1.82) is 0 Å². The van der Waals surface area contributed by atoms with Gasteiger partial charge in [-0.1, -0.05) is 18.2 Å². The molecule has 3 heterocycles. The first kappa shape index (κ1) is 28.9. The van der Waals surface area contributed by atoms with Crippen molar-refractivity contribution in [1.82, 2.24) is 14.9 Å². The van der Waals surface area contributed by atoms with Crippen LogP contribution in [0.4, 0.5) is 38.9 Å². The summed E-state index contributed by atoms with van der Waals surface area (Å²) in [4.78, 5) is 13.5. The molecule has 0 spiro atoms. The van der Waals surface area contributed by atoms with E-state index in [1.807, 2.05) is 12.1 Å². The van der Waals surface area contributed by atoms with Gasteiger partial charge in [-0.25, -0.2) is 9.37 Å². The van der Waals surface area contributed by atoms with Crippen LogP contribution < -0.4 is 25.6 Å². The minimum absolute atomic E-state index is 0.0860. The maximum Gasteiger partial charge on any atom is 0.229 e. The number of ether oxygens (including phenoxy) is 1. The quantitative estimate of drug-likeness (QED) is 0.170. The Balaban J connectivity index is 1.44. The van der Waals surface area contributed by atoms with Gasteiger partial charge in [-0.3, -0.25) is 0 Å². The lowest BCUT2D eigenvalue weighted by atomic mass is 9.93. The molecule has 5 rings (SSSR count). The fraction of sp³-hybridized carbons (Fsp3) is 0.379. The van der Waals surface area contributed by atoms with Crippen LogP contribution in [0.1, 0.15) is 19.4 Å². The van der Waals surface area contributed by atoms with E-state index in [0.29, 0.717) is 46.2 Å². The number of aliphatic hydroxyl groups excluding tert-OH is 1. The van der Waals surface area contributed by atoms with Crippen LogP contribution >= 0.6 is 11.6 Å². The second-order valence-electron chi connectivity index (χ2n) is 11.0. The predicted octanol–water partition coefficient (Wildman–Crippen LogP) is 4.66. The Kier molecular flexibility index (Phi) is 7.97. The van der Waals surface area contributed by atoms with Gasteiger partial charge in [0.1, 0.15) is 23.6 Å². The highest BCUT2D eigenvalue weighted by atomic mass is 35.5. The van der Waals surface area contributed by atoms with Gasteiger partial charge in [-0.2, -0.15) is 4.98 Å². The van der Waals surface area contributed by atoms with E-state index in [9.17, 15) is 14.6 Å². The van der Waals surface area contributed by atoms with E-state index in [4.69, 9.17) is 16.3 Å². The van der Waals surface area contributed by atoms with Crippen molar-refractivity contribution in [3.8, 4) is 5.75 Å². The van der Waals surface area contributed by atoms with Gasteiger partial charge in [-0.15, -0.1) is 0 Å². The summed E-state index contributed by atoms with van der Waals surface area (Å²) in [6.45, 7) is 9.67. The number of methoxy groups -OCH3 is 1. The molecule has 0 bridgehead atoms. The fourth-order valence-electron chi connectivity index (χ4n) is 5.43. The smallest absolute Gasteiger partial charge is 0.229 e. The van der Waals surface area contributed by atoms with Gasteiger partial charge in [0.25, 0.3) is 0 Å². The van der Waals surface area contributed by atoms with Crippen LogP contribution in [0.2, 0.25) is 5.02 Å². The number of anilines is 6. The molecule has 10 nitrogen and oxygen atoms in total. The molecule has 0 radical (unpaired) electrons. The number of rotatable bonds is 10. The summed E-state index contributed by atoms with van der Waals surface area (Å²) >= 11 is 6.03. The van der Waals surface area contributed by atoms with E-state index in [0.717, 1.165) is 25.3 Å². The Morgan fingerprint density at radius 1 is 1.17 bits per heavy atom. The van der Waals surface area contributed by atoms with E-state index >= 15 is 0 Å². The number of nitrogens with zero attached hydrogens (tertiary/aromatic N) is 4. The molecule has 41 heavy (non-hydrogen) atoms. The third kappa shape index (κ3) is 6.03. The summed E-state index contributed by atoms with van der Waals surface area (Å²) in [5.41, 5.74) is 1.59. The summed E-state index contributed by atoms with van der Waals surface area (Å²) in [6.07, 6.45) is 2.03. The molecule has 0 saturated carbocycles. The number of hydrogen-bond donors (Lipinski definition) is 5. The van der Waals surface area contributed by atoms with Crippen molar-refractivity contribution in [3.63, 3.8) is 0 Å². The number of aromatic nitrogens is 2. The number of likely N-dealkylation sites (tertiary alicyclic amines) is 1. The Bertz CT molecular complexity index is 1450. The van der Waals surface area contributed by atoms with E-state index in [2.05, 4.69) is 49.3 Å². The first-order valence-corrected chi connectivity index (χ1v) is 13.7. The van der Waals surface area contributed by atoms with E-state index in [1.54, 1.807) is 33.2 Å². The molecule has 5 N–H and O–H groups in total. The second kappa shape index (κ2) is 11.3. The molecule has 2 aromatic carbocycles. The standard InChI is InChI=1S/C29H35ClFN7O3/c1-6-27(39)34-21-11-22(25(41-5)12-23(21)38-14-16-13-37(4)24(16)15-38)35-28-32-8-7-26(36-28)33-20-10-18(30)19(31)9-17(20)29(2,3)40/h6-12,16,24,27,34,39-40H,1,13-15H2,2-5H3,(H2,32,33,35,36). The summed E-state index contributed by atoms with van der Waals surface area (Å²) in [7, 11) is 3.73. The van der Waals surface area contributed by atoms with Crippen LogP contribution in [0.5, 0.6) is 5.75 Å². The number of aliphatic hydroxyl groups is 2. The maximum absolute atomic E-state index is 14.2. The number of halogens is 2. The zero-order chi connectivity index (χ0) is 29.5. The lowest BCUT2D eigenvalue weighted by molar-refractivity contribution is 0.0790. The van der Waals surface area contributed by atoms with Crippen LogP contribution in [0.15, 0.2) is 49.2 Å². The highest BCUT2D eigenvalue weighted by molar-refractivity contribution is 6.31. The van der Waals surface area contributed by atoms with Gasteiger partial charge in [0.15, 0.2) is 0 Å². The Hall–Kier alpha value is -3.64. The van der Waals surface area contributed by atoms with Crippen LogP contribution in [0, 0.1) is 11.7 Å². The Morgan fingerprint density at radius 2 is 1.95 bits per heavy atom. The van der Waals surface area contributed by atoms with Crippen molar-refractivity contribution in [3.05, 3.63) is 65.6 Å². The van der Waals surface area contributed by atoms with Crippen molar-refractivity contribution in [2.24, 2.45) is 5.92 Å². The van der Waals surface area contributed by atoms with Gasteiger partial charge < -0.3 is 40.7 Å². The van der Waals surface area contributed by atoms with Crippen LogP contribution in [0.3, 0.4) is 0 Å². The van der Waals surface area contributed by atoms with Gasteiger partial charge in [0, 0.05) is 55.1 Å². The topological polar surface area (TPSA) is 118 Å². The molecule has 2 fully saturated rings. The zero-order valence-corrected chi connectivity index (χ0v) is 24.2. The van der Waals surface area contributed by atoms with Crippen LogP contribution in [-0.4, -0.2) is 71.1 Å². The number of nitrogens with one attached hydrogen (secondary N) is 3. The first-order valence-electron chi connectivity index (χ1n) is 13.3.